The zero-order valence-corrected chi connectivity index (χ0v) is 23.5. The summed E-state index contributed by atoms with van der Waals surface area (Å²) in [5.74, 6) is 0.509. The molecule has 1 unspecified atom stereocenters. The Bertz CT molecular complexity index is 1190. The third kappa shape index (κ3) is 5.88. The van der Waals surface area contributed by atoms with E-state index < -0.39 is 17.7 Å². The quantitative estimate of drug-likeness (QED) is 0.266. The number of aliphatic hydroxyl groups is 1. The van der Waals surface area contributed by atoms with Crippen molar-refractivity contribution in [2.75, 3.05) is 55.1 Å². The third-order valence-corrected chi connectivity index (χ3v) is 6.35. The topological polar surface area (TPSA) is 97.8 Å². The lowest BCUT2D eigenvalue weighted by atomic mass is 9.94. The molecule has 1 saturated heterocycles. The molecule has 0 saturated carbocycles. The number of amides is 1. The van der Waals surface area contributed by atoms with Crippen molar-refractivity contribution in [3.05, 3.63) is 52.6 Å². The molecule has 1 amide bonds. The van der Waals surface area contributed by atoms with E-state index in [1.54, 1.807) is 30.3 Å². The molecule has 0 radical (unpaired) electrons. The maximum Gasteiger partial charge on any atom is 0.295 e. The van der Waals surface area contributed by atoms with Crippen LogP contribution in [0.3, 0.4) is 0 Å². The van der Waals surface area contributed by atoms with Gasteiger partial charge in [0.25, 0.3) is 11.7 Å². The van der Waals surface area contributed by atoms with Crippen molar-refractivity contribution in [2.24, 2.45) is 5.92 Å². The van der Waals surface area contributed by atoms with Gasteiger partial charge in [-0.25, -0.2) is 0 Å². The number of benzene rings is 2. The van der Waals surface area contributed by atoms with E-state index >= 15 is 0 Å². The van der Waals surface area contributed by atoms with E-state index in [0.717, 1.165) is 5.56 Å². The highest BCUT2D eigenvalue weighted by Gasteiger charge is 2.46. The number of aryl methyl sites for hydroxylation is 1. The van der Waals surface area contributed by atoms with Gasteiger partial charge < -0.3 is 33.9 Å². The highest BCUT2D eigenvalue weighted by atomic mass is 16.5. The van der Waals surface area contributed by atoms with Crippen LogP contribution in [0.4, 0.5) is 0 Å². The molecule has 0 bridgehead atoms. The van der Waals surface area contributed by atoms with Gasteiger partial charge in [0, 0.05) is 18.7 Å². The minimum absolute atomic E-state index is 0.00159. The number of nitrogens with zero attached hydrogens (tertiary/aromatic N) is 2. The predicted molar refractivity (Wildman–Crippen MR) is 145 cm³/mol. The summed E-state index contributed by atoms with van der Waals surface area (Å²) in [6.07, 6.45) is 0. The second-order valence-electron chi connectivity index (χ2n) is 9.94. The van der Waals surface area contributed by atoms with Crippen LogP contribution in [0.1, 0.15) is 36.6 Å². The molecule has 0 aliphatic carbocycles. The Kier molecular flexibility index (Phi) is 9.27. The van der Waals surface area contributed by atoms with Gasteiger partial charge in [-0.3, -0.25) is 9.59 Å². The first-order chi connectivity index (χ1) is 18.0. The second-order valence-corrected chi connectivity index (χ2v) is 9.94. The van der Waals surface area contributed by atoms with E-state index in [0.29, 0.717) is 53.2 Å². The van der Waals surface area contributed by atoms with Gasteiger partial charge in [-0.15, -0.1) is 0 Å². The van der Waals surface area contributed by atoms with Gasteiger partial charge in [0.2, 0.25) is 5.75 Å². The Balaban J connectivity index is 2.19. The van der Waals surface area contributed by atoms with Crippen LogP contribution >= 0.6 is 0 Å². The molecule has 2 aromatic rings. The summed E-state index contributed by atoms with van der Waals surface area (Å²) in [7, 11) is 8.26. The summed E-state index contributed by atoms with van der Waals surface area (Å²) in [6, 6.07) is 7.75. The van der Waals surface area contributed by atoms with Crippen LogP contribution < -0.4 is 18.9 Å². The lowest BCUT2D eigenvalue weighted by Crippen LogP contribution is -2.35. The average molecular weight is 527 g/mol. The molecule has 1 fully saturated rings. The zero-order chi connectivity index (χ0) is 28.1. The molecule has 9 heteroatoms. The molecule has 1 heterocycles. The largest absolute Gasteiger partial charge is 0.507 e. The summed E-state index contributed by atoms with van der Waals surface area (Å²) < 4.78 is 22.4. The molecule has 0 spiro atoms. The van der Waals surface area contributed by atoms with Gasteiger partial charge in [0.05, 0.1) is 39.6 Å². The Morgan fingerprint density at radius 2 is 1.63 bits per heavy atom. The molecule has 3 rings (SSSR count). The number of ketones is 1. The first kappa shape index (κ1) is 28.8. The van der Waals surface area contributed by atoms with Gasteiger partial charge in [-0.2, -0.15) is 0 Å². The van der Waals surface area contributed by atoms with E-state index in [9.17, 15) is 14.7 Å². The number of carbonyl (C=O) groups excluding carboxylic acids is 2. The van der Waals surface area contributed by atoms with Crippen LogP contribution in [0.5, 0.6) is 23.0 Å². The lowest BCUT2D eigenvalue weighted by molar-refractivity contribution is -0.140. The second kappa shape index (κ2) is 12.2. The van der Waals surface area contributed by atoms with Crippen molar-refractivity contribution in [2.45, 2.75) is 26.8 Å². The number of carbonyl (C=O) groups is 2. The molecular weight excluding hydrogens is 488 g/mol. The number of likely N-dealkylation sites (tertiary alicyclic amines) is 1. The molecule has 0 aromatic heterocycles. The predicted octanol–water partition coefficient (Wildman–Crippen LogP) is 4.04. The molecule has 9 nitrogen and oxygen atoms in total. The highest BCUT2D eigenvalue weighted by molar-refractivity contribution is 6.46. The van der Waals surface area contributed by atoms with E-state index in [1.807, 2.05) is 25.9 Å². The number of aliphatic hydroxyl groups excluding tert-OH is 1. The van der Waals surface area contributed by atoms with E-state index in [1.165, 1.54) is 26.2 Å². The van der Waals surface area contributed by atoms with Crippen molar-refractivity contribution < 1.29 is 33.6 Å². The van der Waals surface area contributed by atoms with E-state index in [-0.39, 0.29) is 17.9 Å². The smallest absolute Gasteiger partial charge is 0.295 e. The van der Waals surface area contributed by atoms with Crippen LogP contribution in [-0.2, 0) is 9.59 Å². The fraction of sp³-hybridized carbons (Fsp3) is 0.448. The van der Waals surface area contributed by atoms with Gasteiger partial charge in [-0.1, -0.05) is 13.8 Å². The van der Waals surface area contributed by atoms with Crippen LogP contribution in [-0.4, -0.2) is 81.7 Å². The van der Waals surface area contributed by atoms with Gasteiger partial charge in [0.15, 0.2) is 11.5 Å². The summed E-state index contributed by atoms with van der Waals surface area (Å²) >= 11 is 0. The first-order valence-electron chi connectivity index (χ1n) is 12.5. The van der Waals surface area contributed by atoms with Crippen LogP contribution in [0.2, 0.25) is 0 Å². The van der Waals surface area contributed by atoms with E-state index in [2.05, 4.69) is 13.8 Å². The lowest BCUT2D eigenvalue weighted by Gasteiger charge is -2.27. The van der Waals surface area contributed by atoms with Gasteiger partial charge in [0.1, 0.15) is 11.5 Å². The molecule has 38 heavy (non-hydrogen) atoms. The van der Waals surface area contributed by atoms with Crippen molar-refractivity contribution >= 4 is 17.4 Å². The maximum absolute atomic E-state index is 13.4. The first-order valence-corrected chi connectivity index (χ1v) is 12.5. The van der Waals surface area contributed by atoms with Gasteiger partial charge >= 0.3 is 0 Å². The standard InChI is InChI=1S/C29H38N2O7/c1-17(2)16-38-21-10-9-19(13-18(21)3)26(32)24-25(31(12-11-30(4)5)29(34)27(24)33)20-14-22(35-6)28(37-8)23(15-20)36-7/h9-10,13-15,17,25,32H,11-12,16H2,1-8H3. The molecule has 1 aliphatic rings. The summed E-state index contributed by atoms with van der Waals surface area (Å²) in [5.41, 5.74) is 1.77. The minimum Gasteiger partial charge on any atom is -0.507 e. The monoisotopic (exact) mass is 526 g/mol. The minimum atomic E-state index is -0.860. The Morgan fingerprint density at radius 1 is 1.00 bits per heavy atom. The number of Topliss-reactive ketones (excluding diaryl/α,β-unsaturated/α-hetero) is 1. The zero-order valence-electron chi connectivity index (χ0n) is 23.5. The third-order valence-electron chi connectivity index (χ3n) is 6.35. The average Bonchev–Trinajstić information content (AvgIpc) is 3.14. The normalized spacial score (nSPS) is 16.9. The molecule has 206 valence electrons. The van der Waals surface area contributed by atoms with Crippen LogP contribution in [0.15, 0.2) is 35.9 Å². The molecule has 2 aromatic carbocycles. The van der Waals surface area contributed by atoms with Gasteiger partial charge in [-0.05, 0) is 68.4 Å². The summed E-state index contributed by atoms with van der Waals surface area (Å²) in [5, 5.41) is 11.5. The number of ether oxygens (including phenoxy) is 4. The number of rotatable bonds is 11. The Labute approximate surface area is 224 Å². The van der Waals surface area contributed by atoms with Crippen LogP contribution in [0, 0.1) is 12.8 Å². The van der Waals surface area contributed by atoms with Crippen molar-refractivity contribution in [1.29, 1.82) is 0 Å². The van der Waals surface area contributed by atoms with Crippen molar-refractivity contribution in [3.8, 4) is 23.0 Å². The molecule has 1 N–H and O–H groups in total. The SMILES string of the molecule is COc1cc(C2C(=C(O)c3ccc(OCC(C)C)c(C)c3)C(=O)C(=O)N2CCN(C)C)cc(OC)c1OC. The number of likely N-dealkylation sites (N-methyl/N-ethyl adjacent to an activating group) is 1. The Morgan fingerprint density at radius 3 is 2.13 bits per heavy atom. The maximum atomic E-state index is 13.4. The fourth-order valence-corrected chi connectivity index (χ4v) is 4.39. The number of hydrogen-bond acceptors (Lipinski definition) is 8. The van der Waals surface area contributed by atoms with Crippen molar-refractivity contribution in [3.63, 3.8) is 0 Å². The van der Waals surface area contributed by atoms with E-state index in [4.69, 9.17) is 18.9 Å². The Hall–Kier alpha value is -3.72. The number of methoxy groups -OCH3 is 3. The summed E-state index contributed by atoms with van der Waals surface area (Å²) in [6.45, 7) is 7.36. The molecule has 1 atom stereocenters. The molecule has 1 aliphatic heterocycles. The molecular formula is C29H38N2O7. The fourth-order valence-electron chi connectivity index (χ4n) is 4.39. The highest BCUT2D eigenvalue weighted by Crippen LogP contribution is 2.45. The van der Waals surface area contributed by atoms with Crippen LogP contribution in [0.25, 0.3) is 5.76 Å². The summed E-state index contributed by atoms with van der Waals surface area (Å²) in [4.78, 5) is 30.0. The number of hydrogen-bond donors (Lipinski definition) is 1. The van der Waals surface area contributed by atoms with Crippen molar-refractivity contribution in [1.82, 2.24) is 9.80 Å².